The van der Waals surface area contributed by atoms with Crippen LogP contribution in [0, 0.1) is 6.92 Å². The molecule has 5 nitrogen and oxygen atoms in total. The number of thiazole rings is 1. The average Bonchev–Trinajstić information content (AvgIpc) is 3.22. The number of rotatable bonds is 6. The van der Waals surface area contributed by atoms with Crippen molar-refractivity contribution >= 4 is 49.9 Å². The first-order chi connectivity index (χ1) is 12.1. The molecule has 0 radical (unpaired) electrons. The summed E-state index contributed by atoms with van der Waals surface area (Å²) in [6.45, 7) is 4.39. The average molecular weight is 438 g/mol. The first-order valence-corrected chi connectivity index (χ1v) is 10.0. The maximum atomic E-state index is 9.94. The molecule has 0 spiro atoms. The van der Waals surface area contributed by atoms with Crippen LogP contribution in [0.5, 0.6) is 11.5 Å². The number of hydrogen-bond acceptors (Lipinski definition) is 7. The number of nitrogens with zero attached hydrogens (tertiary/aromatic N) is 2. The lowest BCUT2D eigenvalue weighted by atomic mass is 10.2. The molecule has 0 aliphatic rings. The molecule has 25 heavy (non-hydrogen) atoms. The number of nitrogens with one attached hydrogen (secondary N) is 1. The molecule has 130 valence electrons. The van der Waals surface area contributed by atoms with Crippen molar-refractivity contribution in [2.24, 2.45) is 5.10 Å². The van der Waals surface area contributed by atoms with E-state index in [9.17, 15) is 5.11 Å². The molecule has 0 unspecified atom stereocenters. The van der Waals surface area contributed by atoms with E-state index in [-0.39, 0.29) is 5.75 Å². The molecular formula is C17H16BrN3O2S2. The van der Waals surface area contributed by atoms with E-state index in [1.807, 2.05) is 25.3 Å². The Hall–Kier alpha value is -1.90. The Kier molecular flexibility index (Phi) is 5.72. The number of hydrazone groups is 1. The highest BCUT2D eigenvalue weighted by Gasteiger charge is 2.10. The number of benzene rings is 1. The Balaban J connectivity index is 1.75. The van der Waals surface area contributed by atoms with Gasteiger partial charge in [0.2, 0.25) is 5.13 Å². The van der Waals surface area contributed by atoms with Gasteiger partial charge in [0.25, 0.3) is 0 Å². The van der Waals surface area contributed by atoms with Crippen molar-refractivity contribution < 1.29 is 9.84 Å². The van der Waals surface area contributed by atoms with E-state index in [0.717, 1.165) is 26.1 Å². The quantitative estimate of drug-likeness (QED) is 0.394. The minimum Gasteiger partial charge on any atom is -0.503 e. The predicted molar refractivity (Wildman–Crippen MR) is 108 cm³/mol. The Labute approximate surface area is 162 Å². The van der Waals surface area contributed by atoms with Gasteiger partial charge in [0.15, 0.2) is 11.5 Å². The monoisotopic (exact) mass is 437 g/mol. The number of anilines is 1. The fraction of sp³-hybridized carbons (Fsp3) is 0.176. The molecule has 0 atom stereocenters. The van der Waals surface area contributed by atoms with Gasteiger partial charge in [0.1, 0.15) is 0 Å². The zero-order valence-corrected chi connectivity index (χ0v) is 16.8. The van der Waals surface area contributed by atoms with Crippen LogP contribution in [-0.2, 0) is 0 Å². The van der Waals surface area contributed by atoms with E-state index in [0.29, 0.717) is 16.8 Å². The number of aromatic hydroxyl groups is 1. The van der Waals surface area contributed by atoms with Crippen LogP contribution < -0.4 is 10.2 Å². The second kappa shape index (κ2) is 7.99. The third kappa shape index (κ3) is 4.20. The minimum absolute atomic E-state index is 0.0862. The smallest absolute Gasteiger partial charge is 0.204 e. The Morgan fingerprint density at radius 2 is 2.28 bits per heavy atom. The first kappa shape index (κ1) is 17.9. The summed E-state index contributed by atoms with van der Waals surface area (Å²) in [5.74, 6) is 0.506. The number of aromatic nitrogens is 1. The molecule has 1 aromatic carbocycles. The summed E-state index contributed by atoms with van der Waals surface area (Å²) in [6, 6.07) is 7.58. The summed E-state index contributed by atoms with van der Waals surface area (Å²) in [5, 5.41) is 17.0. The summed E-state index contributed by atoms with van der Waals surface area (Å²) < 4.78 is 5.97. The molecule has 0 saturated heterocycles. The lowest BCUT2D eigenvalue weighted by Crippen LogP contribution is -1.95. The van der Waals surface area contributed by atoms with E-state index in [4.69, 9.17) is 4.74 Å². The molecule has 0 amide bonds. The van der Waals surface area contributed by atoms with Gasteiger partial charge in [-0.05, 0) is 58.9 Å². The number of hydrogen-bond donors (Lipinski definition) is 2. The van der Waals surface area contributed by atoms with E-state index >= 15 is 0 Å². The van der Waals surface area contributed by atoms with Gasteiger partial charge in [-0.1, -0.05) is 6.07 Å². The van der Waals surface area contributed by atoms with Crippen LogP contribution >= 0.6 is 38.6 Å². The van der Waals surface area contributed by atoms with E-state index in [2.05, 4.69) is 37.5 Å². The van der Waals surface area contributed by atoms with Crippen LogP contribution in [0.15, 0.2) is 39.2 Å². The molecule has 3 rings (SSSR count). The maximum absolute atomic E-state index is 9.94. The number of aryl methyl sites for hydroxylation is 1. The molecule has 2 N–H and O–H groups in total. The topological polar surface area (TPSA) is 66.7 Å². The number of ether oxygens (including phenoxy) is 1. The molecule has 0 aliphatic heterocycles. The Morgan fingerprint density at radius 3 is 3.00 bits per heavy atom. The lowest BCUT2D eigenvalue weighted by molar-refractivity contribution is 0.317. The highest BCUT2D eigenvalue weighted by molar-refractivity contribution is 9.10. The van der Waals surface area contributed by atoms with Crippen molar-refractivity contribution in [2.45, 2.75) is 13.8 Å². The maximum Gasteiger partial charge on any atom is 0.204 e. The molecular weight excluding hydrogens is 422 g/mol. The number of thiophene rings is 1. The second-order valence-corrected chi connectivity index (χ2v) is 8.06. The van der Waals surface area contributed by atoms with Crippen molar-refractivity contribution in [1.82, 2.24) is 4.98 Å². The predicted octanol–water partition coefficient (Wildman–Crippen LogP) is 5.49. The molecule has 8 heteroatoms. The molecule has 3 aromatic rings. The third-order valence-corrected chi connectivity index (χ3v) is 5.63. The zero-order chi connectivity index (χ0) is 17.8. The van der Waals surface area contributed by atoms with E-state index in [1.54, 1.807) is 41.0 Å². The van der Waals surface area contributed by atoms with Crippen LogP contribution in [0.3, 0.4) is 0 Å². The summed E-state index contributed by atoms with van der Waals surface area (Å²) in [6.07, 6.45) is 1.66. The summed E-state index contributed by atoms with van der Waals surface area (Å²) in [7, 11) is 0. The van der Waals surface area contributed by atoms with E-state index < -0.39 is 0 Å². The summed E-state index contributed by atoms with van der Waals surface area (Å²) >= 11 is 6.55. The van der Waals surface area contributed by atoms with Gasteiger partial charge >= 0.3 is 0 Å². The Morgan fingerprint density at radius 1 is 1.44 bits per heavy atom. The van der Waals surface area contributed by atoms with Crippen molar-refractivity contribution in [1.29, 1.82) is 0 Å². The highest BCUT2D eigenvalue weighted by Crippen LogP contribution is 2.35. The van der Waals surface area contributed by atoms with Gasteiger partial charge in [0, 0.05) is 4.88 Å². The summed E-state index contributed by atoms with van der Waals surface area (Å²) in [4.78, 5) is 6.88. The first-order valence-electron chi connectivity index (χ1n) is 7.54. The second-order valence-electron chi connectivity index (χ2n) is 5.05. The van der Waals surface area contributed by atoms with Gasteiger partial charge in [-0.15, -0.1) is 22.7 Å². The fourth-order valence-electron chi connectivity index (χ4n) is 2.18. The fourth-order valence-corrected chi connectivity index (χ4v) is 4.26. The number of phenols is 1. The van der Waals surface area contributed by atoms with Crippen molar-refractivity contribution in [3.05, 3.63) is 44.6 Å². The number of phenolic OH excluding ortho intramolecular Hbond substituents is 1. The van der Waals surface area contributed by atoms with Gasteiger partial charge in [-0.25, -0.2) is 4.98 Å². The van der Waals surface area contributed by atoms with Crippen LogP contribution in [0.25, 0.3) is 10.6 Å². The standard InChI is InChI=1S/C17H16BrN3O2S2/c1-3-23-13-8-11(7-12(18)16(13)22)9-19-21-17-20-15(10(2)25-17)14-5-4-6-24-14/h4-9,22H,3H2,1-2H3,(H,20,21)/b19-9-. The van der Waals surface area contributed by atoms with Crippen molar-refractivity contribution in [3.63, 3.8) is 0 Å². The summed E-state index contributed by atoms with van der Waals surface area (Å²) in [5.41, 5.74) is 4.75. The third-order valence-electron chi connectivity index (χ3n) is 3.28. The van der Waals surface area contributed by atoms with Crippen LogP contribution in [-0.4, -0.2) is 22.9 Å². The molecule has 2 heterocycles. The zero-order valence-electron chi connectivity index (χ0n) is 13.6. The van der Waals surface area contributed by atoms with Crippen LogP contribution in [0.4, 0.5) is 5.13 Å². The largest absolute Gasteiger partial charge is 0.503 e. The lowest BCUT2D eigenvalue weighted by Gasteiger charge is -2.08. The molecule has 0 fully saturated rings. The van der Waals surface area contributed by atoms with E-state index in [1.165, 1.54) is 0 Å². The SMILES string of the molecule is CCOc1cc(/C=N\Nc2nc(-c3cccs3)c(C)s2)cc(Br)c1O. The normalized spacial score (nSPS) is 11.2. The molecule has 0 bridgehead atoms. The van der Waals surface area contributed by atoms with Gasteiger partial charge in [0.05, 0.1) is 27.9 Å². The molecule has 0 aliphatic carbocycles. The van der Waals surface area contributed by atoms with Gasteiger partial charge in [-0.3, -0.25) is 5.43 Å². The van der Waals surface area contributed by atoms with Crippen LogP contribution in [0.2, 0.25) is 0 Å². The van der Waals surface area contributed by atoms with Crippen molar-refractivity contribution in [2.75, 3.05) is 12.0 Å². The minimum atomic E-state index is 0.0862. The molecule has 0 saturated carbocycles. The highest BCUT2D eigenvalue weighted by atomic mass is 79.9. The van der Waals surface area contributed by atoms with Crippen LogP contribution in [0.1, 0.15) is 17.4 Å². The van der Waals surface area contributed by atoms with Gasteiger partial charge in [-0.2, -0.15) is 5.10 Å². The van der Waals surface area contributed by atoms with Crippen molar-refractivity contribution in [3.8, 4) is 22.1 Å². The molecule has 2 aromatic heterocycles. The number of halogens is 1. The van der Waals surface area contributed by atoms with Gasteiger partial charge < -0.3 is 9.84 Å². The Bertz CT molecular complexity index is 892.